The van der Waals surface area contributed by atoms with Crippen molar-refractivity contribution in [1.29, 1.82) is 0 Å². The minimum Gasteiger partial charge on any atom is -0.423 e. The van der Waals surface area contributed by atoms with Crippen molar-refractivity contribution in [2.24, 2.45) is 0 Å². The summed E-state index contributed by atoms with van der Waals surface area (Å²) in [6.07, 6.45) is -0.148. The Balaban J connectivity index is 2.58. The molecule has 1 aromatic carbocycles. The van der Waals surface area contributed by atoms with E-state index in [4.69, 9.17) is 21.4 Å². The summed E-state index contributed by atoms with van der Waals surface area (Å²) in [5.74, 6) is 0. The van der Waals surface area contributed by atoms with Crippen LogP contribution >= 0.6 is 11.6 Å². The summed E-state index contributed by atoms with van der Waals surface area (Å²) >= 11 is 6.01. The van der Waals surface area contributed by atoms with Crippen molar-refractivity contribution >= 4 is 24.2 Å². The Bertz CT molecular complexity index is 369. The summed E-state index contributed by atoms with van der Waals surface area (Å²) < 4.78 is 5.20. The fourth-order valence-electron chi connectivity index (χ4n) is 1.72. The van der Waals surface area contributed by atoms with Crippen molar-refractivity contribution in [2.45, 2.75) is 19.6 Å². The first-order valence-electron chi connectivity index (χ1n) is 4.40. The monoisotopic (exact) mass is 212 g/mol. The highest BCUT2D eigenvalue weighted by Crippen LogP contribution is 2.28. The Labute approximate surface area is 87.4 Å². The van der Waals surface area contributed by atoms with Gasteiger partial charge in [0.15, 0.2) is 0 Å². The fourth-order valence-corrected chi connectivity index (χ4v) is 2.04. The molecule has 74 valence electrons. The van der Waals surface area contributed by atoms with E-state index in [0.29, 0.717) is 16.0 Å². The van der Waals surface area contributed by atoms with Crippen LogP contribution in [0.5, 0.6) is 0 Å². The third-order valence-electron chi connectivity index (χ3n) is 2.48. The third-order valence-corrected chi connectivity index (χ3v) is 2.93. The third kappa shape index (κ3) is 1.35. The van der Waals surface area contributed by atoms with E-state index in [1.807, 2.05) is 13.0 Å². The molecule has 14 heavy (non-hydrogen) atoms. The summed E-state index contributed by atoms with van der Waals surface area (Å²) in [6, 6.07) is 3.58. The molecular formula is C9H10BClO3. The van der Waals surface area contributed by atoms with Crippen LogP contribution in [0.15, 0.2) is 12.1 Å². The van der Waals surface area contributed by atoms with Gasteiger partial charge in [0.2, 0.25) is 0 Å². The van der Waals surface area contributed by atoms with Gasteiger partial charge >= 0.3 is 7.12 Å². The number of aliphatic hydroxyl groups excluding tert-OH is 1. The highest BCUT2D eigenvalue weighted by Gasteiger charge is 2.35. The highest BCUT2D eigenvalue weighted by atomic mass is 35.5. The topological polar surface area (TPSA) is 49.7 Å². The number of rotatable bonds is 1. The molecular weight excluding hydrogens is 202 g/mol. The molecule has 2 N–H and O–H groups in total. The van der Waals surface area contributed by atoms with E-state index >= 15 is 0 Å². The van der Waals surface area contributed by atoms with Gasteiger partial charge in [-0.05, 0) is 18.1 Å². The second-order valence-electron chi connectivity index (χ2n) is 3.33. The second-order valence-corrected chi connectivity index (χ2v) is 3.71. The van der Waals surface area contributed by atoms with Crippen molar-refractivity contribution < 1.29 is 14.8 Å². The molecule has 0 saturated carbocycles. The van der Waals surface area contributed by atoms with Gasteiger partial charge in [0.25, 0.3) is 0 Å². The van der Waals surface area contributed by atoms with Crippen molar-refractivity contribution in [3.8, 4) is 0 Å². The molecule has 1 unspecified atom stereocenters. The zero-order valence-corrected chi connectivity index (χ0v) is 8.45. The summed E-state index contributed by atoms with van der Waals surface area (Å²) in [4.78, 5) is 0. The predicted octanol–water partition coefficient (Wildman–Crippen LogP) is 0.611. The SMILES string of the molecule is CC1OB(O)c2c1ccc(CO)c2Cl. The number of halogens is 1. The fraction of sp³-hybridized carbons (Fsp3) is 0.333. The number of benzene rings is 1. The zero-order chi connectivity index (χ0) is 10.3. The van der Waals surface area contributed by atoms with Gasteiger partial charge < -0.3 is 14.8 Å². The van der Waals surface area contributed by atoms with Gasteiger partial charge in [-0.15, -0.1) is 0 Å². The molecule has 0 aromatic heterocycles. The largest absolute Gasteiger partial charge is 0.493 e. The number of hydrogen-bond acceptors (Lipinski definition) is 3. The molecule has 0 spiro atoms. The van der Waals surface area contributed by atoms with Crippen LogP contribution in [0.3, 0.4) is 0 Å². The van der Waals surface area contributed by atoms with E-state index in [1.54, 1.807) is 6.07 Å². The lowest BCUT2D eigenvalue weighted by Gasteiger charge is -2.07. The Morgan fingerprint density at radius 3 is 2.93 bits per heavy atom. The maximum absolute atomic E-state index is 9.56. The maximum atomic E-state index is 9.56. The van der Waals surface area contributed by atoms with Crippen LogP contribution in [0.1, 0.15) is 24.2 Å². The molecule has 5 heteroatoms. The first kappa shape index (κ1) is 9.99. The van der Waals surface area contributed by atoms with E-state index in [1.165, 1.54) is 0 Å². The molecule has 1 atom stereocenters. The quantitative estimate of drug-likeness (QED) is 0.671. The zero-order valence-electron chi connectivity index (χ0n) is 7.70. The molecule has 1 aromatic rings. The molecule has 0 fully saturated rings. The second kappa shape index (κ2) is 3.55. The molecule has 3 nitrogen and oxygen atoms in total. The van der Waals surface area contributed by atoms with Gasteiger partial charge in [-0.3, -0.25) is 0 Å². The van der Waals surface area contributed by atoms with Crippen molar-refractivity contribution in [3.63, 3.8) is 0 Å². The average Bonchev–Trinajstić information content (AvgIpc) is 2.44. The minimum atomic E-state index is -0.973. The van der Waals surface area contributed by atoms with Crippen LogP contribution in [0, 0.1) is 0 Å². The molecule has 0 aliphatic carbocycles. The smallest absolute Gasteiger partial charge is 0.423 e. The van der Waals surface area contributed by atoms with Gasteiger partial charge in [0.05, 0.1) is 12.7 Å². The van der Waals surface area contributed by atoms with Crippen LogP contribution < -0.4 is 5.46 Å². The Morgan fingerprint density at radius 1 is 1.57 bits per heavy atom. The molecule has 1 heterocycles. The maximum Gasteiger partial charge on any atom is 0.493 e. The molecule has 2 rings (SSSR count). The summed E-state index contributed by atoms with van der Waals surface area (Å²) in [5, 5.41) is 19.0. The lowest BCUT2D eigenvalue weighted by molar-refractivity contribution is 0.209. The normalized spacial score (nSPS) is 20.0. The summed E-state index contributed by atoms with van der Waals surface area (Å²) in [7, 11) is -0.973. The van der Waals surface area contributed by atoms with Crippen LogP contribution in [0.4, 0.5) is 0 Å². The van der Waals surface area contributed by atoms with Crippen LogP contribution in [-0.4, -0.2) is 17.2 Å². The van der Waals surface area contributed by atoms with Gasteiger partial charge in [-0.2, -0.15) is 0 Å². The molecule has 0 amide bonds. The van der Waals surface area contributed by atoms with E-state index in [-0.39, 0.29) is 12.7 Å². The molecule has 1 aliphatic heterocycles. The van der Waals surface area contributed by atoms with Gasteiger partial charge in [-0.25, -0.2) is 0 Å². The lowest BCUT2D eigenvalue weighted by Crippen LogP contribution is -2.29. The van der Waals surface area contributed by atoms with E-state index < -0.39 is 7.12 Å². The summed E-state index contributed by atoms with van der Waals surface area (Å²) in [5.41, 5.74) is 2.09. The number of aliphatic hydroxyl groups is 1. The van der Waals surface area contributed by atoms with E-state index in [9.17, 15) is 5.02 Å². The van der Waals surface area contributed by atoms with Gasteiger partial charge in [0.1, 0.15) is 0 Å². The van der Waals surface area contributed by atoms with Crippen molar-refractivity contribution in [3.05, 3.63) is 28.3 Å². The van der Waals surface area contributed by atoms with Gasteiger partial charge in [-0.1, -0.05) is 23.7 Å². The molecule has 0 radical (unpaired) electrons. The van der Waals surface area contributed by atoms with Crippen molar-refractivity contribution in [1.82, 2.24) is 0 Å². The van der Waals surface area contributed by atoms with Crippen LogP contribution in [0.2, 0.25) is 5.02 Å². The summed E-state index contributed by atoms with van der Waals surface area (Å²) in [6.45, 7) is 1.72. The van der Waals surface area contributed by atoms with Crippen LogP contribution in [0.25, 0.3) is 0 Å². The Morgan fingerprint density at radius 2 is 2.29 bits per heavy atom. The van der Waals surface area contributed by atoms with E-state index in [2.05, 4.69) is 0 Å². The molecule has 0 bridgehead atoms. The van der Waals surface area contributed by atoms with Crippen LogP contribution in [-0.2, 0) is 11.3 Å². The molecule has 0 saturated heterocycles. The first-order chi connectivity index (χ1) is 6.65. The minimum absolute atomic E-state index is 0.132. The Hall–Kier alpha value is -0.545. The van der Waals surface area contributed by atoms with Crippen molar-refractivity contribution in [2.75, 3.05) is 0 Å². The molecule has 1 aliphatic rings. The number of fused-ring (bicyclic) bond motifs is 1. The standard InChI is InChI=1S/C9H10BClO3/c1-5-7-3-2-6(4-12)9(11)8(7)10(13)14-5/h2-3,5,12-13H,4H2,1H3. The number of hydrogen-bond donors (Lipinski definition) is 2. The highest BCUT2D eigenvalue weighted by molar-refractivity contribution is 6.65. The van der Waals surface area contributed by atoms with Gasteiger partial charge in [0, 0.05) is 10.5 Å². The average molecular weight is 212 g/mol. The Kier molecular flexibility index (Phi) is 2.53. The predicted molar refractivity (Wildman–Crippen MR) is 54.5 cm³/mol. The van der Waals surface area contributed by atoms with E-state index in [0.717, 1.165) is 5.56 Å². The first-order valence-corrected chi connectivity index (χ1v) is 4.78. The lowest BCUT2D eigenvalue weighted by atomic mass is 9.78.